The molecule has 22 heavy (non-hydrogen) atoms. The van der Waals surface area contributed by atoms with Crippen molar-refractivity contribution in [2.45, 2.75) is 11.4 Å². The smallest absolute Gasteiger partial charge is 0.287 e. The number of hydrogen-bond donors (Lipinski definition) is 2. The number of halogens is 2. The summed E-state index contributed by atoms with van der Waals surface area (Å²) in [5.74, 6) is 0. The summed E-state index contributed by atoms with van der Waals surface area (Å²) in [5.41, 5.74) is 1.89. The molecule has 3 rings (SSSR count). The second-order valence-corrected chi connectivity index (χ2v) is 6.94. The van der Waals surface area contributed by atoms with Gasteiger partial charge >= 0.3 is 0 Å². The van der Waals surface area contributed by atoms with Crippen molar-refractivity contribution in [3.8, 4) is 0 Å². The number of nitrogens with zero attached hydrogens (tertiary/aromatic N) is 1. The highest BCUT2D eigenvalue weighted by atomic mass is 35.5. The quantitative estimate of drug-likeness (QED) is 0.824. The van der Waals surface area contributed by atoms with E-state index in [9.17, 15) is 8.42 Å². The minimum absolute atomic E-state index is 0.0843. The van der Waals surface area contributed by atoms with Crippen molar-refractivity contribution in [1.82, 2.24) is 0 Å². The van der Waals surface area contributed by atoms with Crippen LogP contribution in [0, 0.1) is 0 Å². The highest BCUT2D eigenvalue weighted by Crippen LogP contribution is 2.34. The minimum atomic E-state index is -3.78. The van der Waals surface area contributed by atoms with E-state index in [0.29, 0.717) is 22.9 Å². The van der Waals surface area contributed by atoms with Crippen molar-refractivity contribution in [3.05, 3.63) is 53.1 Å². The molecule has 1 aliphatic rings. The monoisotopic (exact) mass is 355 g/mol. The Hall–Kier alpha value is -1.76. The van der Waals surface area contributed by atoms with Gasteiger partial charge in [0, 0.05) is 11.6 Å². The maximum Gasteiger partial charge on any atom is 0.287 e. The van der Waals surface area contributed by atoms with E-state index in [2.05, 4.69) is 15.0 Å². The molecule has 2 aromatic rings. The summed E-state index contributed by atoms with van der Waals surface area (Å²) in [4.78, 5) is 0.0843. The number of anilines is 2. The van der Waals surface area contributed by atoms with Gasteiger partial charge in [-0.2, -0.15) is 8.42 Å². The van der Waals surface area contributed by atoms with Crippen LogP contribution in [0.15, 0.2) is 51.8 Å². The Balaban J connectivity index is 1.93. The van der Waals surface area contributed by atoms with Crippen molar-refractivity contribution >= 4 is 49.9 Å². The number of amidine groups is 1. The van der Waals surface area contributed by atoms with E-state index in [1.807, 2.05) is 18.2 Å². The van der Waals surface area contributed by atoms with Crippen LogP contribution in [-0.4, -0.2) is 13.7 Å². The number of hydrogen-bond acceptors (Lipinski definition) is 4. The number of benzene rings is 2. The van der Waals surface area contributed by atoms with E-state index in [1.165, 1.54) is 6.07 Å². The Morgan fingerprint density at radius 2 is 1.86 bits per heavy atom. The molecular formula is C14H11Cl2N3O2S. The molecule has 8 heteroatoms. The molecule has 0 aromatic heterocycles. The molecule has 0 aliphatic carbocycles. The lowest BCUT2D eigenvalue weighted by atomic mass is 10.2. The molecule has 1 aliphatic heterocycles. The lowest BCUT2D eigenvalue weighted by Crippen LogP contribution is -2.18. The Morgan fingerprint density at radius 3 is 2.64 bits per heavy atom. The third-order valence-electron chi connectivity index (χ3n) is 3.16. The normalized spacial score (nSPS) is 15.5. The lowest BCUT2D eigenvalue weighted by molar-refractivity contribution is 0.598. The Bertz CT molecular complexity index is 866. The number of para-hydroxylation sites is 1. The van der Waals surface area contributed by atoms with Crippen LogP contribution in [0.4, 0.5) is 11.4 Å². The molecule has 0 atom stereocenters. The minimum Gasteiger partial charge on any atom is -0.379 e. The summed E-state index contributed by atoms with van der Waals surface area (Å²) in [6.45, 7) is 0.451. The topological polar surface area (TPSA) is 70.6 Å². The van der Waals surface area contributed by atoms with Crippen molar-refractivity contribution in [1.29, 1.82) is 0 Å². The molecule has 0 amide bonds. The summed E-state index contributed by atoms with van der Waals surface area (Å²) in [6.07, 6.45) is 0. The highest BCUT2D eigenvalue weighted by molar-refractivity contribution is 7.90. The van der Waals surface area contributed by atoms with Gasteiger partial charge in [-0.15, -0.1) is 4.40 Å². The molecule has 2 N–H and O–H groups in total. The molecule has 0 unspecified atom stereocenters. The third-order valence-corrected chi connectivity index (χ3v) is 5.13. The Labute approximate surface area is 138 Å². The zero-order valence-corrected chi connectivity index (χ0v) is 13.5. The second-order valence-electron chi connectivity index (χ2n) is 4.61. The first-order valence-corrected chi connectivity index (χ1v) is 8.55. The molecule has 0 spiro atoms. The van der Waals surface area contributed by atoms with Crippen LogP contribution in [0.2, 0.25) is 5.02 Å². The van der Waals surface area contributed by atoms with Gasteiger partial charge in [0.05, 0.1) is 11.4 Å². The lowest BCUT2D eigenvalue weighted by Gasteiger charge is -2.19. The van der Waals surface area contributed by atoms with Gasteiger partial charge in [0.2, 0.25) is 5.29 Å². The van der Waals surface area contributed by atoms with Gasteiger partial charge in [0.1, 0.15) is 4.90 Å². The molecule has 0 radical (unpaired) electrons. The molecule has 0 saturated carbocycles. The van der Waals surface area contributed by atoms with Crippen LogP contribution >= 0.6 is 23.2 Å². The third kappa shape index (κ3) is 2.90. The molecule has 1 heterocycles. The first-order valence-electron chi connectivity index (χ1n) is 6.35. The molecule has 5 nitrogen and oxygen atoms in total. The standard InChI is InChI=1S/C14H11Cl2N3O2S/c15-10-5-2-1-4-9(10)8-17-11-6-3-7-12-13(11)18-14(16)19-22(12,20)21/h1-7,17H,8H2,(H,18,19). The number of nitrogens with one attached hydrogen (secondary N) is 2. The van der Waals surface area contributed by atoms with Gasteiger partial charge in [-0.25, -0.2) is 0 Å². The fourth-order valence-corrected chi connectivity index (χ4v) is 3.73. The van der Waals surface area contributed by atoms with Crippen molar-refractivity contribution < 1.29 is 8.42 Å². The molecule has 0 fully saturated rings. The molecular weight excluding hydrogens is 345 g/mol. The van der Waals surface area contributed by atoms with E-state index >= 15 is 0 Å². The Kier molecular flexibility index (Phi) is 3.99. The van der Waals surface area contributed by atoms with Gasteiger partial charge in [0.25, 0.3) is 10.0 Å². The summed E-state index contributed by atoms with van der Waals surface area (Å²) in [6, 6.07) is 12.3. The zero-order valence-electron chi connectivity index (χ0n) is 11.2. The van der Waals surface area contributed by atoms with Crippen LogP contribution in [0.3, 0.4) is 0 Å². The summed E-state index contributed by atoms with van der Waals surface area (Å²) < 4.78 is 27.4. The maximum atomic E-state index is 12.0. The second kappa shape index (κ2) is 5.79. The van der Waals surface area contributed by atoms with Crippen molar-refractivity contribution in [2.24, 2.45) is 4.40 Å². The van der Waals surface area contributed by atoms with Crippen LogP contribution in [0.1, 0.15) is 5.56 Å². The zero-order chi connectivity index (χ0) is 15.7. The maximum absolute atomic E-state index is 12.0. The fourth-order valence-electron chi connectivity index (χ4n) is 2.14. The van der Waals surface area contributed by atoms with Crippen molar-refractivity contribution in [3.63, 3.8) is 0 Å². The molecule has 114 valence electrons. The van der Waals surface area contributed by atoms with E-state index in [0.717, 1.165) is 5.56 Å². The largest absolute Gasteiger partial charge is 0.379 e. The summed E-state index contributed by atoms with van der Waals surface area (Å²) >= 11 is 11.9. The van der Waals surface area contributed by atoms with Crippen molar-refractivity contribution in [2.75, 3.05) is 10.6 Å². The molecule has 2 aromatic carbocycles. The number of rotatable bonds is 3. The number of fused-ring (bicyclic) bond motifs is 1. The van der Waals surface area contributed by atoms with E-state index in [4.69, 9.17) is 23.2 Å². The highest BCUT2D eigenvalue weighted by Gasteiger charge is 2.26. The van der Waals surface area contributed by atoms with Gasteiger partial charge in [-0.05, 0) is 35.4 Å². The van der Waals surface area contributed by atoms with Gasteiger partial charge < -0.3 is 10.6 Å². The van der Waals surface area contributed by atoms with E-state index in [-0.39, 0.29) is 10.2 Å². The summed E-state index contributed by atoms with van der Waals surface area (Å²) in [5, 5.41) is 6.40. The van der Waals surface area contributed by atoms with Gasteiger partial charge in [-0.3, -0.25) is 0 Å². The average Bonchev–Trinajstić information content (AvgIpc) is 2.46. The molecule has 0 bridgehead atoms. The average molecular weight is 356 g/mol. The van der Waals surface area contributed by atoms with Crippen LogP contribution in [0.5, 0.6) is 0 Å². The first kappa shape index (κ1) is 15.1. The molecule has 0 saturated heterocycles. The number of sulfonamides is 1. The van der Waals surface area contributed by atoms with Gasteiger partial charge in [-0.1, -0.05) is 35.9 Å². The SMILES string of the molecule is O=S1(=O)N=C(Cl)Nc2c(NCc3ccccc3Cl)cccc21. The van der Waals surface area contributed by atoms with Crippen LogP contribution in [-0.2, 0) is 16.6 Å². The summed E-state index contributed by atoms with van der Waals surface area (Å²) in [7, 11) is -3.78. The first-order chi connectivity index (χ1) is 10.5. The predicted molar refractivity (Wildman–Crippen MR) is 89.3 cm³/mol. The fraction of sp³-hybridized carbons (Fsp3) is 0.0714. The van der Waals surface area contributed by atoms with Crippen LogP contribution < -0.4 is 10.6 Å². The van der Waals surface area contributed by atoms with Gasteiger partial charge in [0.15, 0.2) is 0 Å². The van der Waals surface area contributed by atoms with E-state index in [1.54, 1.807) is 18.2 Å². The predicted octanol–water partition coefficient (Wildman–Crippen LogP) is 3.66. The Morgan fingerprint density at radius 1 is 1.09 bits per heavy atom. The van der Waals surface area contributed by atoms with E-state index < -0.39 is 10.0 Å². The van der Waals surface area contributed by atoms with Crippen LogP contribution in [0.25, 0.3) is 0 Å².